The maximum absolute atomic E-state index is 6.21. The van der Waals surface area contributed by atoms with Gasteiger partial charge in [-0.3, -0.25) is 0 Å². The summed E-state index contributed by atoms with van der Waals surface area (Å²) >= 11 is 7.45. The molecule has 2 aromatic rings. The molecule has 0 saturated heterocycles. The van der Waals surface area contributed by atoms with E-state index in [0.717, 1.165) is 48.0 Å². The van der Waals surface area contributed by atoms with E-state index in [1.54, 1.807) is 0 Å². The van der Waals surface area contributed by atoms with Crippen molar-refractivity contribution in [1.29, 1.82) is 0 Å². The fraction of sp³-hybridized carbons (Fsp3) is 0.429. The van der Waals surface area contributed by atoms with Gasteiger partial charge in [-0.15, -0.1) is 0 Å². The third-order valence-corrected chi connectivity index (χ3v) is 4.15. The fourth-order valence-electron chi connectivity index (χ4n) is 2.57. The Balaban J connectivity index is 1.89. The van der Waals surface area contributed by atoms with Crippen molar-refractivity contribution in [3.8, 4) is 5.75 Å². The minimum Gasteiger partial charge on any atom is -0.493 e. The molecule has 1 aliphatic rings. The van der Waals surface area contributed by atoms with Crippen molar-refractivity contribution < 1.29 is 4.74 Å². The average molecular weight is 310 g/mol. The highest BCUT2D eigenvalue weighted by Crippen LogP contribution is 2.35. The van der Waals surface area contributed by atoms with Crippen molar-refractivity contribution in [3.05, 3.63) is 40.2 Å². The molecule has 0 fully saturated rings. The van der Waals surface area contributed by atoms with Gasteiger partial charge in [-0.1, -0.05) is 18.5 Å². The van der Waals surface area contributed by atoms with Crippen molar-refractivity contribution in [1.82, 2.24) is 14.1 Å². The van der Waals surface area contributed by atoms with Crippen molar-refractivity contribution in [2.24, 2.45) is 0 Å². The number of halogens is 1. The Labute approximate surface area is 127 Å². The van der Waals surface area contributed by atoms with Crippen LogP contribution < -0.4 is 10.1 Å². The standard InChI is InChI=1S/C14H16ClN3OS/c1-2-16-12(13-8-17-20-18-13)7-10-6-11(15)5-9-3-4-19-14(9)10/h5-6,8,12,16H,2-4,7H2,1H3. The van der Waals surface area contributed by atoms with Crippen LogP contribution >= 0.6 is 23.3 Å². The fourth-order valence-corrected chi connectivity index (χ4v) is 3.31. The highest BCUT2D eigenvalue weighted by molar-refractivity contribution is 6.99. The van der Waals surface area contributed by atoms with Crippen LogP contribution in [0.3, 0.4) is 0 Å². The molecular weight excluding hydrogens is 294 g/mol. The van der Waals surface area contributed by atoms with E-state index in [1.807, 2.05) is 18.3 Å². The summed E-state index contributed by atoms with van der Waals surface area (Å²) in [5.74, 6) is 1.00. The predicted molar refractivity (Wildman–Crippen MR) is 80.7 cm³/mol. The lowest BCUT2D eigenvalue weighted by atomic mass is 10.00. The predicted octanol–water partition coefficient (Wildman–Crippen LogP) is 3.02. The van der Waals surface area contributed by atoms with Gasteiger partial charge in [-0.2, -0.15) is 8.75 Å². The molecule has 4 nitrogen and oxygen atoms in total. The summed E-state index contributed by atoms with van der Waals surface area (Å²) < 4.78 is 14.2. The van der Waals surface area contributed by atoms with Crippen LogP contribution in [0.25, 0.3) is 0 Å². The normalized spacial score (nSPS) is 14.9. The lowest BCUT2D eigenvalue weighted by Gasteiger charge is -2.17. The number of nitrogens with zero attached hydrogens (tertiary/aromatic N) is 2. The number of benzene rings is 1. The Hall–Kier alpha value is -1.17. The summed E-state index contributed by atoms with van der Waals surface area (Å²) in [4.78, 5) is 0. The van der Waals surface area contributed by atoms with Gasteiger partial charge in [0.25, 0.3) is 0 Å². The van der Waals surface area contributed by atoms with Crippen LogP contribution in [0.5, 0.6) is 5.75 Å². The molecule has 0 saturated carbocycles. The molecule has 0 spiro atoms. The molecule has 6 heteroatoms. The van der Waals surface area contributed by atoms with Crippen LogP contribution in [-0.2, 0) is 12.8 Å². The number of hydrogen-bond acceptors (Lipinski definition) is 5. The van der Waals surface area contributed by atoms with Crippen molar-refractivity contribution in [3.63, 3.8) is 0 Å². The Morgan fingerprint density at radius 1 is 1.50 bits per heavy atom. The summed E-state index contributed by atoms with van der Waals surface area (Å²) in [5, 5.41) is 4.22. The number of rotatable bonds is 5. The zero-order valence-corrected chi connectivity index (χ0v) is 12.8. The molecule has 1 unspecified atom stereocenters. The first-order valence-electron chi connectivity index (χ1n) is 6.73. The number of nitrogens with one attached hydrogen (secondary N) is 1. The number of hydrogen-bond donors (Lipinski definition) is 1. The van der Waals surface area contributed by atoms with Crippen LogP contribution in [-0.4, -0.2) is 21.9 Å². The smallest absolute Gasteiger partial charge is 0.125 e. The highest BCUT2D eigenvalue weighted by Gasteiger charge is 2.21. The number of ether oxygens (including phenoxy) is 1. The first-order valence-corrected chi connectivity index (χ1v) is 7.83. The Morgan fingerprint density at radius 2 is 2.40 bits per heavy atom. The average Bonchev–Trinajstić information content (AvgIpc) is 3.08. The van der Waals surface area contributed by atoms with Gasteiger partial charge in [0.05, 0.1) is 36.3 Å². The Kier molecular flexibility index (Phi) is 4.19. The van der Waals surface area contributed by atoms with Crippen molar-refractivity contribution in [2.75, 3.05) is 13.2 Å². The van der Waals surface area contributed by atoms with Crippen LogP contribution in [0.2, 0.25) is 5.02 Å². The van der Waals surface area contributed by atoms with E-state index in [1.165, 1.54) is 17.3 Å². The molecule has 20 heavy (non-hydrogen) atoms. The van der Waals surface area contributed by atoms with E-state index in [0.29, 0.717) is 0 Å². The van der Waals surface area contributed by atoms with E-state index >= 15 is 0 Å². The molecule has 1 aliphatic heterocycles. The van der Waals surface area contributed by atoms with Gasteiger partial charge in [-0.05, 0) is 36.2 Å². The van der Waals surface area contributed by atoms with Crippen LogP contribution in [0.1, 0.15) is 29.8 Å². The first-order chi connectivity index (χ1) is 9.78. The number of likely N-dealkylation sites (N-methyl/N-ethyl adjacent to an activating group) is 1. The summed E-state index contributed by atoms with van der Waals surface area (Å²) in [7, 11) is 0. The first kappa shape index (κ1) is 13.8. The Bertz CT molecular complexity index is 588. The largest absolute Gasteiger partial charge is 0.493 e. The van der Waals surface area contributed by atoms with Crippen LogP contribution in [0, 0.1) is 0 Å². The molecule has 0 aliphatic carbocycles. The topological polar surface area (TPSA) is 47.0 Å². The van der Waals surface area contributed by atoms with E-state index in [-0.39, 0.29) is 6.04 Å². The second-order valence-corrected chi connectivity index (χ2v) is 5.79. The molecule has 0 radical (unpaired) electrons. The maximum atomic E-state index is 6.21. The lowest BCUT2D eigenvalue weighted by Crippen LogP contribution is -2.23. The quantitative estimate of drug-likeness (QED) is 0.922. The molecule has 0 bridgehead atoms. The second kappa shape index (κ2) is 6.08. The molecule has 0 amide bonds. The summed E-state index contributed by atoms with van der Waals surface area (Å²) in [6.07, 6.45) is 3.57. The van der Waals surface area contributed by atoms with Crippen molar-refractivity contribution >= 4 is 23.3 Å². The monoisotopic (exact) mass is 309 g/mol. The van der Waals surface area contributed by atoms with Gasteiger partial charge in [0.2, 0.25) is 0 Å². The minimum atomic E-state index is 0.144. The summed E-state index contributed by atoms with van der Waals surface area (Å²) in [6, 6.07) is 4.14. The SMILES string of the molecule is CCNC(Cc1cc(Cl)cc2c1OCC2)c1cnsn1. The van der Waals surface area contributed by atoms with Gasteiger partial charge >= 0.3 is 0 Å². The lowest BCUT2D eigenvalue weighted by molar-refractivity contribution is 0.351. The number of fused-ring (bicyclic) bond motifs is 1. The van der Waals surface area contributed by atoms with Gasteiger partial charge < -0.3 is 10.1 Å². The highest BCUT2D eigenvalue weighted by atomic mass is 35.5. The molecule has 1 aromatic carbocycles. The molecule has 106 valence electrons. The number of aromatic nitrogens is 2. The van der Waals surface area contributed by atoms with Crippen LogP contribution in [0.4, 0.5) is 0 Å². The van der Waals surface area contributed by atoms with E-state index < -0.39 is 0 Å². The van der Waals surface area contributed by atoms with E-state index in [9.17, 15) is 0 Å². The maximum Gasteiger partial charge on any atom is 0.125 e. The second-order valence-electron chi connectivity index (χ2n) is 4.80. The van der Waals surface area contributed by atoms with E-state index in [4.69, 9.17) is 16.3 Å². The molecule has 1 aromatic heterocycles. The van der Waals surface area contributed by atoms with Gasteiger partial charge in [0, 0.05) is 11.4 Å². The van der Waals surface area contributed by atoms with E-state index in [2.05, 4.69) is 21.0 Å². The molecular formula is C14H16ClN3OS. The molecule has 2 heterocycles. The van der Waals surface area contributed by atoms with Gasteiger partial charge in [0.15, 0.2) is 0 Å². The molecule has 1 N–H and O–H groups in total. The van der Waals surface area contributed by atoms with Gasteiger partial charge in [-0.25, -0.2) is 0 Å². The van der Waals surface area contributed by atoms with Crippen molar-refractivity contribution in [2.45, 2.75) is 25.8 Å². The summed E-state index contributed by atoms with van der Waals surface area (Å²) in [5.41, 5.74) is 3.33. The van der Waals surface area contributed by atoms with Gasteiger partial charge in [0.1, 0.15) is 5.75 Å². The third kappa shape index (κ3) is 2.80. The third-order valence-electron chi connectivity index (χ3n) is 3.44. The van der Waals surface area contributed by atoms with Crippen LogP contribution in [0.15, 0.2) is 18.3 Å². The molecule has 1 atom stereocenters. The summed E-state index contributed by atoms with van der Waals surface area (Å²) in [6.45, 7) is 3.71. The zero-order chi connectivity index (χ0) is 13.9. The molecule has 3 rings (SSSR count). The minimum absolute atomic E-state index is 0.144. The Morgan fingerprint density at radius 3 is 3.15 bits per heavy atom. The zero-order valence-electron chi connectivity index (χ0n) is 11.2.